The van der Waals surface area contributed by atoms with E-state index in [4.69, 9.17) is 0 Å². The van der Waals surface area contributed by atoms with E-state index in [1.807, 2.05) is 0 Å². The maximum absolute atomic E-state index is 12.1. The lowest BCUT2D eigenvalue weighted by Gasteiger charge is -2.12. The Kier molecular flexibility index (Phi) is 3.90. The monoisotopic (exact) mass is 322 g/mol. The highest BCUT2D eigenvalue weighted by atomic mass is 32.2. The average Bonchev–Trinajstić information content (AvgIpc) is 3.24. The van der Waals surface area contributed by atoms with E-state index < -0.39 is 15.8 Å². The zero-order chi connectivity index (χ0) is 15.7. The van der Waals surface area contributed by atoms with E-state index in [-0.39, 0.29) is 15.9 Å². The topological polar surface area (TPSA) is 87.0 Å². The van der Waals surface area contributed by atoms with Crippen LogP contribution in [0.1, 0.15) is 31.2 Å². The molecule has 1 aromatic rings. The van der Waals surface area contributed by atoms with Crippen LogP contribution in [0, 0.1) is 0 Å². The molecule has 7 heteroatoms. The van der Waals surface area contributed by atoms with Gasteiger partial charge in [0.25, 0.3) is 0 Å². The van der Waals surface area contributed by atoms with Gasteiger partial charge in [0, 0.05) is 18.7 Å². The number of hydrogen-bond donors (Lipinski definition) is 1. The summed E-state index contributed by atoms with van der Waals surface area (Å²) in [5, 5.41) is 15.0. The van der Waals surface area contributed by atoms with Gasteiger partial charge in [-0.15, -0.1) is 0 Å². The molecule has 3 rings (SSSR count). The van der Waals surface area contributed by atoms with Crippen LogP contribution < -0.4 is 0 Å². The fourth-order valence-electron chi connectivity index (χ4n) is 2.54. The molecule has 0 amide bonds. The number of rotatable bonds is 5. The molecule has 0 spiro atoms. The third kappa shape index (κ3) is 2.99. The molecule has 1 N–H and O–H groups in total. The summed E-state index contributed by atoms with van der Waals surface area (Å²) >= 11 is 0. The van der Waals surface area contributed by atoms with Crippen molar-refractivity contribution >= 4 is 21.5 Å². The summed E-state index contributed by atoms with van der Waals surface area (Å²) in [7, 11) is -3.25. The Labute approximate surface area is 129 Å². The van der Waals surface area contributed by atoms with Crippen molar-refractivity contribution in [2.24, 2.45) is 5.10 Å². The van der Waals surface area contributed by atoms with Crippen molar-refractivity contribution in [2.45, 2.75) is 35.8 Å². The van der Waals surface area contributed by atoms with Crippen molar-refractivity contribution in [3.8, 4) is 0 Å². The first kappa shape index (κ1) is 15.0. The van der Waals surface area contributed by atoms with Crippen molar-refractivity contribution in [2.75, 3.05) is 13.1 Å². The second-order valence-corrected chi connectivity index (χ2v) is 7.91. The first-order valence-corrected chi connectivity index (χ1v) is 8.94. The minimum atomic E-state index is -3.25. The van der Waals surface area contributed by atoms with Crippen LogP contribution in [0.2, 0.25) is 0 Å². The largest absolute Gasteiger partial charge is 0.476 e. The summed E-state index contributed by atoms with van der Waals surface area (Å²) < 4.78 is 24.3. The van der Waals surface area contributed by atoms with Gasteiger partial charge in [0.1, 0.15) is 0 Å². The second-order valence-electron chi connectivity index (χ2n) is 5.68. The van der Waals surface area contributed by atoms with Crippen LogP contribution >= 0.6 is 0 Å². The Bertz CT molecular complexity index is 700. The molecule has 1 aliphatic heterocycles. The number of hydrazone groups is 1. The zero-order valence-corrected chi connectivity index (χ0v) is 12.9. The van der Waals surface area contributed by atoms with Crippen molar-refractivity contribution in [3.05, 3.63) is 29.8 Å². The highest BCUT2D eigenvalue weighted by Gasteiger charge is 2.36. The fraction of sp³-hybridized carbons (Fsp3) is 0.467. The minimum absolute atomic E-state index is 0.0442. The summed E-state index contributed by atoms with van der Waals surface area (Å²) in [6.07, 6.45) is 3.44. The highest BCUT2D eigenvalue weighted by molar-refractivity contribution is 7.92. The van der Waals surface area contributed by atoms with Crippen LogP contribution in [-0.2, 0) is 14.6 Å². The van der Waals surface area contributed by atoms with Gasteiger partial charge in [-0.25, -0.2) is 13.2 Å². The molecule has 1 aromatic carbocycles. The lowest BCUT2D eigenvalue weighted by molar-refractivity contribution is -0.129. The van der Waals surface area contributed by atoms with E-state index in [9.17, 15) is 18.3 Å². The SMILES string of the molecule is O=C(O)C(=NN1CCCC1)c1ccc(S(=O)(=O)C2CC2)cc1. The average molecular weight is 322 g/mol. The van der Waals surface area contributed by atoms with Gasteiger partial charge in [-0.3, -0.25) is 5.01 Å². The lowest BCUT2D eigenvalue weighted by atomic mass is 10.1. The summed E-state index contributed by atoms with van der Waals surface area (Å²) in [5.74, 6) is -1.11. The summed E-state index contributed by atoms with van der Waals surface area (Å²) in [6.45, 7) is 1.51. The predicted molar refractivity (Wildman–Crippen MR) is 81.6 cm³/mol. The molecule has 0 atom stereocenters. The van der Waals surface area contributed by atoms with Gasteiger partial charge in [0.2, 0.25) is 0 Å². The molecule has 0 bridgehead atoms. The maximum atomic E-state index is 12.1. The van der Waals surface area contributed by atoms with E-state index in [1.54, 1.807) is 5.01 Å². The summed E-state index contributed by atoms with van der Waals surface area (Å²) in [5.41, 5.74) is 0.381. The van der Waals surface area contributed by atoms with Gasteiger partial charge >= 0.3 is 5.97 Å². The molecule has 0 radical (unpaired) electrons. The number of carboxylic acid groups (broad SMARTS) is 1. The van der Waals surface area contributed by atoms with E-state index >= 15 is 0 Å². The van der Waals surface area contributed by atoms with Crippen molar-refractivity contribution < 1.29 is 18.3 Å². The van der Waals surface area contributed by atoms with E-state index in [0.717, 1.165) is 25.9 Å². The predicted octanol–water partition coefficient (Wildman–Crippen LogP) is 1.51. The normalized spacial score (nSPS) is 19.5. The Morgan fingerprint density at radius 3 is 2.23 bits per heavy atom. The van der Waals surface area contributed by atoms with Gasteiger partial charge in [0.05, 0.1) is 10.1 Å². The smallest absolute Gasteiger partial charge is 0.356 e. The third-order valence-corrected chi connectivity index (χ3v) is 6.22. The van der Waals surface area contributed by atoms with Crippen LogP contribution in [0.25, 0.3) is 0 Å². The Morgan fingerprint density at radius 1 is 1.14 bits per heavy atom. The molecular formula is C15H18N2O4S. The summed E-state index contributed by atoms with van der Waals surface area (Å²) in [6, 6.07) is 6.01. The molecular weight excluding hydrogens is 304 g/mol. The fourth-order valence-corrected chi connectivity index (χ4v) is 4.20. The number of carboxylic acids is 1. The number of nitrogens with zero attached hydrogens (tertiary/aromatic N) is 2. The number of carbonyl (C=O) groups is 1. The van der Waals surface area contributed by atoms with Crippen molar-refractivity contribution in [1.82, 2.24) is 5.01 Å². The van der Waals surface area contributed by atoms with E-state index in [2.05, 4.69) is 5.10 Å². The van der Waals surface area contributed by atoms with Gasteiger partial charge in [-0.2, -0.15) is 5.10 Å². The molecule has 0 unspecified atom stereocenters. The van der Waals surface area contributed by atoms with Crippen molar-refractivity contribution in [3.63, 3.8) is 0 Å². The Balaban J connectivity index is 1.87. The van der Waals surface area contributed by atoms with Crippen LogP contribution in [0.15, 0.2) is 34.3 Å². The minimum Gasteiger partial charge on any atom is -0.476 e. The van der Waals surface area contributed by atoms with Crippen LogP contribution in [0.5, 0.6) is 0 Å². The number of sulfone groups is 1. The molecule has 1 aliphatic carbocycles. The first-order chi connectivity index (χ1) is 10.5. The molecule has 0 aromatic heterocycles. The van der Waals surface area contributed by atoms with Crippen LogP contribution in [0.3, 0.4) is 0 Å². The van der Waals surface area contributed by atoms with E-state index in [1.165, 1.54) is 24.3 Å². The van der Waals surface area contributed by atoms with Crippen molar-refractivity contribution in [1.29, 1.82) is 0 Å². The number of aliphatic carboxylic acids is 1. The zero-order valence-electron chi connectivity index (χ0n) is 12.1. The molecule has 1 heterocycles. The molecule has 1 saturated heterocycles. The highest BCUT2D eigenvalue weighted by Crippen LogP contribution is 2.33. The molecule has 118 valence electrons. The Morgan fingerprint density at radius 2 is 1.73 bits per heavy atom. The molecule has 1 saturated carbocycles. The standard InChI is InChI=1S/C15H18N2O4S/c18-15(19)14(16-17-9-1-2-10-17)11-3-5-12(6-4-11)22(20,21)13-7-8-13/h3-6,13H,1-2,7-10H2,(H,18,19). The maximum Gasteiger partial charge on any atom is 0.356 e. The van der Waals surface area contributed by atoms with Gasteiger partial charge in [-0.05, 0) is 37.8 Å². The summed E-state index contributed by atoms with van der Waals surface area (Å²) in [4.78, 5) is 11.7. The number of hydrogen-bond acceptors (Lipinski definition) is 5. The molecule has 22 heavy (non-hydrogen) atoms. The lowest BCUT2D eigenvalue weighted by Crippen LogP contribution is -2.22. The van der Waals surface area contributed by atoms with E-state index in [0.29, 0.717) is 18.4 Å². The van der Waals surface area contributed by atoms with Gasteiger partial charge in [0.15, 0.2) is 15.5 Å². The van der Waals surface area contributed by atoms with Gasteiger partial charge < -0.3 is 5.11 Å². The number of benzene rings is 1. The Hall–Kier alpha value is -1.89. The van der Waals surface area contributed by atoms with Gasteiger partial charge in [-0.1, -0.05) is 12.1 Å². The van der Waals surface area contributed by atoms with Crippen LogP contribution in [0.4, 0.5) is 0 Å². The quantitative estimate of drug-likeness (QED) is 0.830. The van der Waals surface area contributed by atoms with Crippen LogP contribution in [-0.4, -0.2) is 48.6 Å². The molecule has 6 nitrogen and oxygen atoms in total. The first-order valence-electron chi connectivity index (χ1n) is 7.39. The second kappa shape index (κ2) is 5.72. The molecule has 2 aliphatic rings. The molecule has 2 fully saturated rings. The third-order valence-electron chi connectivity index (χ3n) is 3.95.